The van der Waals surface area contributed by atoms with Crippen LogP contribution in [0, 0.1) is 0 Å². The Morgan fingerprint density at radius 1 is 1.11 bits per heavy atom. The Hall–Kier alpha value is -2.88. The molecule has 0 fully saturated rings. The third kappa shape index (κ3) is 3.39. The van der Waals surface area contributed by atoms with Gasteiger partial charge in [-0.25, -0.2) is 0 Å². The van der Waals surface area contributed by atoms with E-state index in [1.807, 2.05) is 54.6 Å². The SMILES string of the molecule is C=CCOC(=O)[C@]1(c2ccccc2)CC[C@@H](C(=O)OCC)c2ccccc21. The Morgan fingerprint density at radius 3 is 2.52 bits per heavy atom. The molecule has 1 aliphatic rings. The predicted molar refractivity (Wildman–Crippen MR) is 103 cm³/mol. The Kier molecular flexibility index (Phi) is 5.75. The van der Waals surface area contributed by atoms with E-state index in [9.17, 15) is 9.59 Å². The van der Waals surface area contributed by atoms with E-state index in [1.165, 1.54) is 0 Å². The van der Waals surface area contributed by atoms with Crippen molar-refractivity contribution in [2.24, 2.45) is 0 Å². The Morgan fingerprint density at radius 2 is 1.81 bits per heavy atom. The van der Waals surface area contributed by atoms with Crippen molar-refractivity contribution >= 4 is 11.9 Å². The van der Waals surface area contributed by atoms with Gasteiger partial charge in [0.1, 0.15) is 12.0 Å². The highest BCUT2D eigenvalue weighted by molar-refractivity contribution is 5.91. The molecule has 0 unspecified atom stereocenters. The monoisotopic (exact) mass is 364 g/mol. The van der Waals surface area contributed by atoms with Crippen LogP contribution in [0.5, 0.6) is 0 Å². The van der Waals surface area contributed by atoms with Crippen molar-refractivity contribution in [1.82, 2.24) is 0 Å². The van der Waals surface area contributed by atoms with Crippen LogP contribution in [0.4, 0.5) is 0 Å². The summed E-state index contributed by atoms with van der Waals surface area (Å²) >= 11 is 0. The maximum Gasteiger partial charge on any atom is 0.321 e. The zero-order chi connectivity index (χ0) is 19.3. The maximum atomic E-state index is 13.3. The number of rotatable bonds is 6. The van der Waals surface area contributed by atoms with E-state index in [0.717, 1.165) is 16.7 Å². The first kappa shape index (κ1) is 18.9. The van der Waals surface area contributed by atoms with Gasteiger partial charge in [0.2, 0.25) is 0 Å². The first-order chi connectivity index (χ1) is 13.1. The lowest BCUT2D eigenvalue weighted by atomic mass is 9.63. The zero-order valence-corrected chi connectivity index (χ0v) is 15.5. The lowest BCUT2D eigenvalue weighted by Crippen LogP contribution is -2.43. The quantitative estimate of drug-likeness (QED) is 0.571. The van der Waals surface area contributed by atoms with Crippen molar-refractivity contribution in [2.45, 2.75) is 31.1 Å². The average molecular weight is 364 g/mol. The molecule has 2 aromatic rings. The van der Waals surface area contributed by atoms with Gasteiger partial charge in [-0.3, -0.25) is 9.59 Å². The third-order valence-corrected chi connectivity index (χ3v) is 5.12. The van der Waals surface area contributed by atoms with Crippen LogP contribution in [0.15, 0.2) is 67.3 Å². The van der Waals surface area contributed by atoms with E-state index in [4.69, 9.17) is 9.47 Å². The summed E-state index contributed by atoms with van der Waals surface area (Å²) in [6.45, 7) is 5.92. The van der Waals surface area contributed by atoms with Gasteiger partial charge in [0.25, 0.3) is 0 Å². The summed E-state index contributed by atoms with van der Waals surface area (Å²) in [5.41, 5.74) is 1.58. The lowest BCUT2D eigenvalue weighted by Gasteiger charge is -2.39. The molecule has 27 heavy (non-hydrogen) atoms. The molecule has 0 bridgehead atoms. The second-order valence-electron chi connectivity index (χ2n) is 6.59. The minimum Gasteiger partial charge on any atom is -0.466 e. The van der Waals surface area contributed by atoms with Gasteiger partial charge in [0.15, 0.2) is 0 Å². The smallest absolute Gasteiger partial charge is 0.321 e. The molecule has 1 aliphatic carbocycles. The van der Waals surface area contributed by atoms with Crippen LogP contribution < -0.4 is 0 Å². The van der Waals surface area contributed by atoms with E-state index in [1.54, 1.807) is 13.0 Å². The first-order valence-electron chi connectivity index (χ1n) is 9.24. The van der Waals surface area contributed by atoms with E-state index < -0.39 is 5.41 Å². The van der Waals surface area contributed by atoms with Gasteiger partial charge >= 0.3 is 11.9 Å². The van der Waals surface area contributed by atoms with E-state index in [0.29, 0.717) is 19.4 Å². The molecule has 4 nitrogen and oxygen atoms in total. The summed E-state index contributed by atoms with van der Waals surface area (Å²) in [5.74, 6) is -0.931. The maximum absolute atomic E-state index is 13.3. The van der Waals surface area contributed by atoms with Crippen LogP contribution in [-0.4, -0.2) is 25.2 Å². The number of fused-ring (bicyclic) bond motifs is 1. The Balaban J connectivity index is 2.16. The number of hydrogen-bond acceptors (Lipinski definition) is 4. The number of carbonyl (C=O) groups excluding carboxylic acids is 2. The Labute approximate surface area is 159 Å². The average Bonchev–Trinajstić information content (AvgIpc) is 2.72. The molecule has 4 heteroatoms. The van der Waals surface area contributed by atoms with Crippen molar-refractivity contribution < 1.29 is 19.1 Å². The van der Waals surface area contributed by atoms with Crippen LogP contribution >= 0.6 is 0 Å². The first-order valence-corrected chi connectivity index (χ1v) is 9.24. The van der Waals surface area contributed by atoms with Gasteiger partial charge < -0.3 is 9.47 Å². The normalized spacial score (nSPS) is 21.0. The lowest BCUT2D eigenvalue weighted by molar-refractivity contribution is -0.150. The molecule has 0 radical (unpaired) electrons. The second-order valence-corrected chi connectivity index (χ2v) is 6.59. The molecule has 0 amide bonds. The molecule has 0 heterocycles. The number of carbonyl (C=O) groups is 2. The van der Waals surface area contributed by atoms with Crippen LogP contribution in [0.1, 0.15) is 42.4 Å². The van der Waals surface area contributed by atoms with E-state index in [-0.39, 0.29) is 24.5 Å². The topological polar surface area (TPSA) is 52.6 Å². The number of esters is 2. The molecule has 0 saturated heterocycles. The van der Waals surface area contributed by atoms with Gasteiger partial charge in [-0.15, -0.1) is 0 Å². The van der Waals surface area contributed by atoms with Crippen LogP contribution in [0.2, 0.25) is 0 Å². The molecule has 0 aliphatic heterocycles. The number of benzene rings is 2. The number of hydrogen-bond donors (Lipinski definition) is 0. The molecular formula is C23H24O4. The summed E-state index contributed by atoms with van der Waals surface area (Å²) < 4.78 is 10.8. The molecule has 0 N–H and O–H groups in total. The highest BCUT2D eigenvalue weighted by Crippen LogP contribution is 2.48. The van der Waals surface area contributed by atoms with Crippen molar-refractivity contribution in [3.8, 4) is 0 Å². The van der Waals surface area contributed by atoms with Crippen molar-refractivity contribution in [2.75, 3.05) is 13.2 Å². The van der Waals surface area contributed by atoms with Crippen molar-refractivity contribution in [1.29, 1.82) is 0 Å². The third-order valence-electron chi connectivity index (χ3n) is 5.12. The molecule has 0 aromatic heterocycles. The fraction of sp³-hybridized carbons (Fsp3) is 0.304. The highest BCUT2D eigenvalue weighted by Gasteiger charge is 2.49. The molecular weight excluding hydrogens is 340 g/mol. The van der Waals surface area contributed by atoms with Crippen LogP contribution in [0.25, 0.3) is 0 Å². The molecule has 0 spiro atoms. The van der Waals surface area contributed by atoms with Crippen LogP contribution in [0.3, 0.4) is 0 Å². The minimum atomic E-state index is -0.941. The summed E-state index contributed by atoms with van der Waals surface area (Å²) in [5, 5.41) is 0. The van der Waals surface area contributed by atoms with Gasteiger partial charge in [0, 0.05) is 0 Å². The molecule has 2 atom stereocenters. The highest BCUT2D eigenvalue weighted by atomic mass is 16.5. The summed E-state index contributed by atoms with van der Waals surface area (Å²) in [6, 6.07) is 17.2. The Bertz CT molecular complexity index is 827. The van der Waals surface area contributed by atoms with Gasteiger partial charge in [0.05, 0.1) is 12.5 Å². The largest absolute Gasteiger partial charge is 0.466 e. The summed E-state index contributed by atoms with van der Waals surface area (Å²) in [4.78, 5) is 25.8. The molecule has 140 valence electrons. The fourth-order valence-corrected chi connectivity index (χ4v) is 3.94. The van der Waals surface area contributed by atoms with Gasteiger partial charge in [-0.1, -0.05) is 67.3 Å². The molecule has 3 rings (SSSR count). The van der Waals surface area contributed by atoms with E-state index >= 15 is 0 Å². The standard InChI is InChI=1S/C23H24O4/c1-3-16-27-22(25)23(17-10-6-5-7-11-17)15-14-19(21(24)26-4-2)18-12-8-9-13-20(18)23/h3,5-13,19H,1,4,14-16H2,2H3/t19-,23+/m1/s1. The van der Waals surface area contributed by atoms with E-state index in [2.05, 4.69) is 6.58 Å². The fourth-order valence-electron chi connectivity index (χ4n) is 3.94. The minimum absolute atomic E-state index is 0.150. The van der Waals surface area contributed by atoms with Crippen LogP contribution in [-0.2, 0) is 24.5 Å². The number of ether oxygens (including phenoxy) is 2. The van der Waals surface area contributed by atoms with Crippen molar-refractivity contribution in [3.63, 3.8) is 0 Å². The predicted octanol–water partition coefficient (Wildman–Crippen LogP) is 4.14. The zero-order valence-electron chi connectivity index (χ0n) is 15.5. The van der Waals surface area contributed by atoms with Gasteiger partial charge in [-0.05, 0) is 36.5 Å². The summed E-state index contributed by atoms with van der Waals surface area (Å²) in [6.07, 6.45) is 2.56. The van der Waals surface area contributed by atoms with Gasteiger partial charge in [-0.2, -0.15) is 0 Å². The van der Waals surface area contributed by atoms with Crippen molar-refractivity contribution in [3.05, 3.63) is 83.9 Å². The summed E-state index contributed by atoms with van der Waals surface area (Å²) in [7, 11) is 0. The second kappa shape index (κ2) is 8.21. The molecule has 0 saturated carbocycles. The molecule has 2 aromatic carbocycles.